The van der Waals surface area contributed by atoms with Crippen LogP contribution in [0.1, 0.15) is 48.0 Å². The van der Waals surface area contributed by atoms with Crippen molar-refractivity contribution in [3.05, 3.63) is 12.3 Å². The van der Waals surface area contributed by atoms with Gasteiger partial charge in [-0.2, -0.15) is 25.2 Å². The van der Waals surface area contributed by atoms with E-state index in [2.05, 4.69) is 48.0 Å². The van der Waals surface area contributed by atoms with Crippen LogP contribution in [0.2, 0.25) is 5.82 Å². The summed E-state index contributed by atoms with van der Waals surface area (Å²) in [6.45, 7) is 13.8. The molecule has 0 aromatic heterocycles. The van der Waals surface area contributed by atoms with Crippen LogP contribution in [0, 0.1) is 29.1 Å². The molecule has 0 amide bonds. The number of hydrogen-bond acceptors (Lipinski definition) is 0. The molecule has 83 valence electrons. The van der Waals surface area contributed by atoms with Gasteiger partial charge in [-0.15, -0.1) is 6.42 Å². The minimum atomic E-state index is 0. The Morgan fingerprint density at radius 3 is 1.93 bits per heavy atom. The molecule has 0 aromatic rings. The molecule has 3 radical (unpaired) electrons. The number of rotatable bonds is 1. The summed E-state index contributed by atoms with van der Waals surface area (Å²) in [5.74, 6) is 2.41. The van der Waals surface area contributed by atoms with E-state index in [1.807, 2.05) is 0 Å². The maximum atomic E-state index is 6.07. The quantitative estimate of drug-likeness (QED) is 0.505. The largest absolute Gasteiger partial charge is 0.333 e. The maximum Gasteiger partial charge on any atom is 0.0313 e. The summed E-state index contributed by atoms with van der Waals surface area (Å²) >= 11 is 0. The van der Waals surface area contributed by atoms with Gasteiger partial charge in [-0.05, 0) is 0 Å². The van der Waals surface area contributed by atoms with E-state index in [0.29, 0.717) is 16.7 Å². The molecule has 1 aliphatic carbocycles. The van der Waals surface area contributed by atoms with E-state index in [-0.39, 0.29) is 38.5 Å². The van der Waals surface area contributed by atoms with Crippen LogP contribution < -0.4 is 0 Å². The monoisotopic (exact) mass is 279 g/mol. The van der Waals surface area contributed by atoms with Gasteiger partial charge < -0.3 is 12.3 Å². The summed E-state index contributed by atoms with van der Waals surface area (Å²) in [5.41, 5.74) is 0.599. The molecule has 1 rings (SSSR count). The topological polar surface area (TPSA) is 0 Å². The van der Waals surface area contributed by atoms with Gasteiger partial charge in [0.2, 0.25) is 0 Å². The van der Waals surface area contributed by atoms with Crippen molar-refractivity contribution in [2.75, 3.05) is 0 Å². The van der Waals surface area contributed by atoms with Gasteiger partial charge in [0.25, 0.3) is 0 Å². The van der Waals surface area contributed by atoms with E-state index in [4.69, 9.17) is 7.85 Å². The predicted molar refractivity (Wildman–Crippen MR) is 64.1 cm³/mol. The second-order valence-electron chi connectivity index (χ2n) is 6.07. The molecule has 0 spiro atoms. The SMILES string of the molecule is [B]C1[CH-]C(C)C([C-](C)C)(C(C)(C)C)C1.[Y]. The Morgan fingerprint density at radius 1 is 1.33 bits per heavy atom. The molecule has 0 aromatic carbocycles. The van der Waals surface area contributed by atoms with Crippen molar-refractivity contribution in [2.24, 2.45) is 16.7 Å². The molecular formula is C13H23BY-2. The fourth-order valence-electron chi connectivity index (χ4n) is 3.56. The Morgan fingerprint density at radius 2 is 1.80 bits per heavy atom. The van der Waals surface area contributed by atoms with Gasteiger partial charge in [-0.25, -0.2) is 5.82 Å². The second-order valence-corrected chi connectivity index (χ2v) is 6.07. The summed E-state index contributed by atoms with van der Waals surface area (Å²) in [6, 6.07) is 0. The van der Waals surface area contributed by atoms with Crippen LogP contribution in [0.3, 0.4) is 0 Å². The van der Waals surface area contributed by atoms with Crippen LogP contribution in [0.25, 0.3) is 0 Å². The fourth-order valence-corrected chi connectivity index (χ4v) is 3.56. The summed E-state index contributed by atoms with van der Waals surface area (Å²) in [5, 5.41) is 0. The first-order chi connectivity index (χ1) is 6.22. The van der Waals surface area contributed by atoms with Gasteiger partial charge in [-0.1, -0.05) is 33.1 Å². The standard InChI is InChI=1S/C13H23B.Y/c1-9(2)13(12(4,5)6)8-11(14)7-10(13)3;/h7,10-11H,8H2,1-6H3;/q-2;. The van der Waals surface area contributed by atoms with Gasteiger partial charge in [0, 0.05) is 40.6 Å². The smallest absolute Gasteiger partial charge is 0.0313 e. The maximum absolute atomic E-state index is 6.07. The average Bonchev–Trinajstić information content (AvgIpc) is 2.24. The minimum absolute atomic E-state index is 0. The van der Waals surface area contributed by atoms with Crippen molar-refractivity contribution in [3.8, 4) is 0 Å². The van der Waals surface area contributed by atoms with Crippen LogP contribution in [-0.2, 0) is 32.7 Å². The Hall–Kier alpha value is 1.17. The Labute approximate surface area is 123 Å². The zero-order chi connectivity index (χ0) is 11.1. The molecule has 0 bridgehead atoms. The molecule has 15 heavy (non-hydrogen) atoms. The molecule has 3 unspecified atom stereocenters. The third-order valence-corrected chi connectivity index (χ3v) is 4.10. The van der Waals surface area contributed by atoms with Gasteiger partial charge in [0.05, 0.1) is 0 Å². The van der Waals surface area contributed by atoms with E-state index in [1.165, 1.54) is 5.92 Å². The van der Waals surface area contributed by atoms with Gasteiger partial charge in [-0.3, -0.25) is 0 Å². The van der Waals surface area contributed by atoms with Crippen molar-refractivity contribution in [2.45, 2.75) is 53.8 Å². The molecular weight excluding hydrogens is 256 g/mol. The summed E-state index contributed by atoms with van der Waals surface area (Å²) in [6.07, 6.45) is 3.43. The van der Waals surface area contributed by atoms with Crippen LogP contribution >= 0.6 is 0 Å². The van der Waals surface area contributed by atoms with Crippen LogP contribution in [-0.4, -0.2) is 7.85 Å². The van der Waals surface area contributed by atoms with Crippen LogP contribution in [0.4, 0.5) is 0 Å². The van der Waals surface area contributed by atoms with Crippen molar-refractivity contribution < 1.29 is 32.7 Å². The Balaban J connectivity index is 0.00000196. The van der Waals surface area contributed by atoms with Crippen LogP contribution in [0.15, 0.2) is 0 Å². The molecule has 2 heteroatoms. The van der Waals surface area contributed by atoms with E-state index in [9.17, 15) is 0 Å². The molecule has 1 aliphatic rings. The molecule has 1 saturated carbocycles. The molecule has 0 heterocycles. The van der Waals surface area contributed by atoms with E-state index in [0.717, 1.165) is 6.42 Å². The normalized spacial score (nSPS) is 36.7. The van der Waals surface area contributed by atoms with Crippen molar-refractivity contribution in [1.82, 2.24) is 0 Å². The molecule has 0 saturated heterocycles. The molecule has 0 N–H and O–H groups in total. The van der Waals surface area contributed by atoms with Crippen molar-refractivity contribution in [3.63, 3.8) is 0 Å². The summed E-state index contributed by atoms with van der Waals surface area (Å²) < 4.78 is 0. The molecule has 3 atom stereocenters. The van der Waals surface area contributed by atoms with E-state index < -0.39 is 0 Å². The molecule has 0 nitrogen and oxygen atoms in total. The summed E-state index contributed by atoms with van der Waals surface area (Å²) in [4.78, 5) is 0. The molecule has 0 aliphatic heterocycles. The van der Waals surface area contributed by atoms with E-state index >= 15 is 0 Å². The fraction of sp³-hybridized carbons (Fsp3) is 0.846. The Kier molecular flexibility index (Phi) is 5.62. The van der Waals surface area contributed by atoms with Crippen molar-refractivity contribution in [1.29, 1.82) is 0 Å². The summed E-state index contributed by atoms with van der Waals surface area (Å²) in [7, 11) is 6.07. The first kappa shape index (κ1) is 16.2. The first-order valence-electron chi connectivity index (χ1n) is 5.63. The zero-order valence-electron chi connectivity index (χ0n) is 11.1. The average molecular weight is 279 g/mol. The Bertz CT molecular complexity index is 207. The second kappa shape index (κ2) is 5.21. The van der Waals surface area contributed by atoms with E-state index in [1.54, 1.807) is 0 Å². The zero-order valence-corrected chi connectivity index (χ0v) is 13.9. The minimum Gasteiger partial charge on any atom is -0.333 e. The van der Waals surface area contributed by atoms with Crippen molar-refractivity contribution >= 4 is 7.85 Å². The number of hydrogen-bond donors (Lipinski definition) is 0. The van der Waals surface area contributed by atoms with Gasteiger partial charge in [0.15, 0.2) is 0 Å². The predicted octanol–water partition coefficient (Wildman–Crippen LogP) is 3.83. The third-order valence-electron chi connectivity index (χ3n) is 4.10. The first-order valence-corrected chi connectivity index (χ1v) is 5.63. The third kappa shape index (κ3) is 2.71. The van der Waals surface area contributed by atoms with Crippen LogP contribution in [0.5, 0.6) is 0 Å². The van der Waals surface area contributed by atoms with Gasteiger partial charge in [0.1, 0.15) is 0 Å². The molecule has 1 fully saturated rings. The van der Waals surface area contributed by atoms with Gasteiger partial charge >= 0.3 is 0 Å².